The lowest BCUT2D eigenvalue weighted by molar-refractivity contribution is -0.116. The number of nitrogens with zero attached hydrogens (tertiary/aromatic N) is 5. The van der Waals surface area contributed by atoms with Gasteiger partial charge in [-0.05, 0) is 53.0 Å². The van der Waals surface area contributed by atoms with Gasteiger partial charge in [0.05, 0.1) is 11.7 Å². The molecule has 0 radical (unpaired) electrons. The number of urea groups is 1. The van der Waals surface area contributed by atoms with Crippen molar-refractivity contribution in [1.29, 1.82) is 0 Å². The van der Waals surface area contributed by atoms with Crippen LogP contribution in [0.3, 0.4) is 0 Å². The molecule has 10 nitrogen and oxygen atoms in total. The molecule has 1 aliphatic heterocycles. The van der Waals surface area contributed by atoms with Gasteiger partial charge < -0.3 is 16.0 Å². The number of hydrogen-bond acceptors (Lipinski definition) is 6. The minimum atomic E-state index is -0.461. The number of rotatable bonds is 4. The minimum absolute atomic E-state index is 0.0358. The molecule has 0 aliphatic carbocycles. The maximum Gasteiger partial charge on any atom is 0.319 e. The van der Waals surface area contributed by atoms with Gasteiger partial charge >= 0.3 is 6.03 Å². The van der Waals surface area contributed by atoms with Crippen LogP contribution in [0.15, 0.2) is 41.4 Å². The summed E-state index contributed by atoms with van der Waals surface area (Å²) in [6.45, 7) is 1.78. The van der Waals surface area contributed by atoms with Crippen LogP contribution in [0.2, 0.25) is 0 Å². The Morgan fingerprint density at radius 1 is 1.24 bits per heavy atom. The molecule has 1 atom stereocenters. The van der Waals surface area contributed by atoms with Gasteiger partial charge in [-0.25, -0.2) is 19.7 Å². The quantitative estimate of drug-likeness (QED) is 0.553. The van der Waals surface area contributed by atoms with Gasteiger partial charge in [-0.15, -0.1) is 0 Å². The van der Waals surface area contributed by atoms with E-state index in [0.717, 1.165) is 10.0 Å². The van der Waals surface area contributed by atoms with E-state index in [1.165, 1.54) is 11.0 Å². The molecular weight excluding hydrogens is 440 g/mol. The van der Waals surface area contributed by atoms with E-state index in [1.54, 1.807) is 31.5 Å². The van der Waals surface area contributed by atoms with E-state index >= 15 is 0 Å². The maximum atomic E-state index is 12.5. The average Bonchev–Trinajstić information content (AvgIpc) is 3.19. The van der Waals surface area contributed by atoms with Gasteiger partial charge in [0.15, 0.2) is 5.82 Å². The predicted molar refractivity (Wildman–Crippen MR) is 109 cm³/mol. The molecule has 29 heavy (non-hydrogen) atoms. The second kappa shape index (κ2) is 7.95. The van der Waals surface area contributed by atoms with E-state index in [1.807, 2.05) is 6.07 Å². The Bertz CT molecular complexity index is 1070. The van der Waals surface area contributed by atoms with Crippen molar-refractivity contribution >= 4 is 39.2 Å². The lowest BCUT2D eigenvalue weighted by atomic mass is 10.0. The van der Waals surface area contributed by atoms with Crippen LogP contribution in [0, 0.1) is 0 Å². The van der Waals surface area contributed by atoms with Crippen molar-refractivity contribution < 1.29 is 9.59 Å². The number of carbonyl (C=O) groups excluding carboxylic acids is 2. The number of amides is 3. The molecule has 0 saturated carbocycles. The highest BCUT2D eigenvalue weighted by atomic mass is 79.9. The molecule has 1 aliphatic rings. The number of benzene rings is 1. The fourth-order valence-corrected chi connectivity index (χ4v) is 3.50. The van der Waals surface area contributed by atoms with Crippen LogP contribution in [-0.2, 0) is 11.2 Å². The lowest BCUT2D eigenvalue weighted by Crippen LogP contribution is -2.33. The normalized spacial score (nSPS) is 13.9. The molecule has 2 aromatic heterocycles. The third kappa shape index (κ3) is 4.09. The summed E-state index contributed by atoms with van der Waals surface area (Å²) < 4.78 is 2.20. The van der Waals surface area contributed by atoms with Crippen LogP contribution in [0.25, 0.3) is 5.95 Å². The monoisotopic (exact) mass is 456 g/mol. The molecule has 0 bridgehead atoms. The molecule has 11 heteroatoms. The van der Waals surface area contributed by atoms with Crippen LogP contribution < -0.4 is 16.0 Å². The van der Waals surface area contributed by atoms with E-state index in [4.69, 9.17) is 0 Å². The third-order valence-corrected chi connectivity index (χ3v) is 5.04. The summed E-state index contributed by atoms with van der Waals surface area (Å²) in [4.78, 5) is 36.7. The number of aromatic nitrogens is 5. The second-order valence-corrected chi connectivity index (χ2v) is 7.29. The lowest BCUT2D eigenvalue weighted by Gasteiger charge is -2.20. The predicted octanol–water partition coefficient (Wildman–Crippen LogP) is 2.59. The Morgan fingerprint density at radius 3 is 2.83 bits per heavy atom. The molecule has 3 N–H and O–H groups in total. The summed E-state index contributed by atoms with van der Waals surface area (Å²) in [5.74, 6) is 0.816. The minimum Gasteiger partial charge on any atom is -0.328 e. The van der Waals surface area contributed by atoms with Gasteiger partial charge in [0.25, 0.3) is 5.95 Å². The van der Waals surface area contributed by atoms with Crippen molar-refractivity contribution in [2.75, 3.05) is 10.6 Å². The Labute approximate surface area is 174 Å². The Kier molecular flexibility index (Phi) is 5.21. The molecule has 4 rings (SSSR count). The SMILES string of the molecule is CC(NC(=O)Nc1cc2c(cc1Br)CCC(=O)N2)c1ncnn1-c1ncccn1. The largest absolute Gasteiger partial charge is 0.328 e. The highest BCUT2D eigenvalue weighted by Gasteiger charge is 2.20. The van der Waals surface area contributed by atoms with Gasteiger partial charge in [-0.1, -0.05) is 0 Å². The second-order valence-electron chi connectivity index (χ2n) is 6.44. The van der Waals surface area contributed by atoms with Crippen LogP contribution in [-0.4, -0.2) is 36.7 Å². The van der Waals surface area contributed by atoms with Crippen molar-refractivity contribution in [3.05, 3.63) is 52.8 Å². The first kappa shape index (κ1) is 19.0. The van der Waals surface area contributed by atoms with Gasteiger partial charge in [-0.3, -0.25) is 4.79 Å². The highest BCUT2D eigenvalue weighted by molar-refractivity contribution is 9.10. The molecular formula is C18H17BrN8O2. The number of halogens is 1. The highest BCUT2D eigenvalue weighted by Crippen LogP contribution is 2.32. The molecule has 0 fully saturated rings. The fraction of sp³-hybridized carbons (Fsp3) is 0.222. The molecule has 1 unspecified atom stereocenters. The van der Waals surface area contributed by atoms with Gasteiger partial charge in [0.2, 0.25) is 5.91 Å². The molecule has 3 aromatic rings. The molecule has 1 aromatic carbocycles. The van der Waals surface area contributed by atoms with Crippen LogP contribution in [0.4, 0.5) is 16.2 Å². The van der Waals surface area contributed by atoms with Crippen LogP contribution in [0.1, 0.15) is 30.8 Å². The van der Waals surface area contributed by atoms with Crippen molar-refractivity contribution in [1.82, 2.24) is 30.0 Å². The summed E-state index contributed by atoms with van der Waals surface area (Å²) in [7, 11) is 0. The Morgan fingerprint density at radius 2 is 2.03 bits per heavy atom. The number of fused-ring (bicyclic) bond motifs is 1. The average molecular weight is 457 g/mol. The summed E-state index contributed by atoms with van der Waals surface area (Å²) >= 11 is 3.47. The van der Waals surface area contributed by atoms with Crippen LogP contribution in [0.5, 0.6) is 0 Å². The Balaban J connectivity index is 1.48. The van der Waals surface area contributed by atoms with Gasteiger partial charge in [-0.2, -0.15) is 9.78 Å². The van der Waals surface area contributed by atoms with E-state index in [9.17, 15) is 9.59 Å². The number of carbonyl (C=O) groups is 2. The number of nitrogens with one attached hydrogen (secondary N) is 3. The first-order valence-electron chi connectivity index (χ1n) is 8.88. The topological polar surface area (TPSA) is 127 Å². The maximum absolute atomic E-state index is 12.5. The zero-order valence-electron chi connectivity index (χ0n) is 15.4. The number of aryl methyl sites for hydroxylation is 1. The Hall–Kier alpha value is -3.34. The smallest absolute Gasteiger partial charge is 0.319 e. The first-order chi connectivity index (χ1) is 14.0. The standard InChI is InChI=1S/C18H17BrN8O2/c1-10(16-22-9-23-27(16)17-20-5-2-6-21-17)24-18(29)26-14-8-13-11(7-12(14)19)3-4-15(28)25-13/h2,5-10H,3-4H2,1H3,(H,25,28)(H2,24,26,29). The summed E-state index contributed by atoms with van der Waals surface area (Å²) in [5.41, 5.74) is 2.27. The molecule has 148 valence electrons. The number of anilines is 2. The summed E-state index contributed by atoms with van der Waals surface area (Å²) in [6, 6.07) is 4.45. The van der Waals surface area contributed by atoms with Crippen molar-refractivity contribution in [3.63, 3.8) is 0 Å². The molecule has 3 heterocycles. The van der Waals surface area contributed by atoms with E-state index in [2.05, 4.69) is 51.9 Å². The molecule has 3 amide bonds. The van der Waals surface area contributed by atoms with E-state index in [-0.39, 0.29) is 5.91 Å². The summed E-state index contributed by atoms with van der Waals surface area (Å²) in [5, 5.41) is 12.6. The van der Waals surface area contributed by atoms with E-state index in [0.29, 0.717) is 36.0 Å². The zero-order chi connectivity index (χ0) is 20.4. The molecule has 0 saturated heterocycles. The van der Waals surface area contributed by atoms with Gasteiger partial charge in [0, 0.05) is 29.0 Å². The number of hydrogen-bond donors (Lipinski definition) is 3. The van der Waals surface area contributed by atoms with Crippen LogP contribution >= 0.6 is 15.9 Å². The zero-order valence-corrected chi connectivity index (χ0v) is 17.0. The third-order valence-electron chi connectivity index (χ3n) is 4.39. The van der Waals surface area contributed by atoms with Crippen molar-refractivity contribution in [2.45, 2.75) is 25.8 Å². The first-order valence-corrected chi connectivity index (χ1v) is 9.67. The van der Waals surface area contributed by atoms with Gasteiger partial charge in [0.1, 0.15) is 6.33 Å². The summed E-state index contributed by atoms with van der Waals surface area (Å²) in [6.07, 6.45) is 5.71. The fourth-order valence-electron chi connectivity index (χ4n) is 3.01. The molecule has 0 spiro atoms. The van der Waals surface area contributed by atoms with Crippen molar-refractivity contribution in [2.24, 2.45) is 0 Å². The van der Waals surface area contributed by atoms with E-state index < -0.39 is 12.1 Å². The van der Waals surface area contributed by atoms with Crippen molar-refractivity contribution in [3.8, 4) is 5.95 Å².